The molecular formula is C6H9ClN2O2. The molecule has 5 heteroatoms. The summed E-state index contributed by atoms with van der Waals surface area (Å²) in [6.45, 7) is 0.341. The Balaban J connectivity index is 0.000001000. The molecule has 1 aromatic heterocycles. The van der Waals surface area contributed by atoms with Crippen LogP contribution in [0.4, 0.5) is 0 Å². The molecule has 0 aliphatic rings. The van der Waals surface area contributed by atoms with Gasteiger partial charge in [0.1, 0.15) is 5.69 Å². The maximum atomic E-state index is 10.3. The number of aromatic amines is 1. The first-order chi connectivity index (χ1) is 4.74. The van der Waals surface area contributed by atoms with E-state index in [1.807, 2.05) is 0 Å². The van der Waals surface area contributed by atoms with Gasteiger partial charge in [-0.05, 0) is 12.1 Å². The van der Waals surface area contributed by atoms with Crippen LogP contribution in [0.3, 0.4) is 0 Å². The number of carboxylic acids is 1. The van der Waals surface area contributed by atoms with Gasteiger partial charge in [-0.3, -0.25) is 0 Å². The fourth-order valence-electron chi connectivity index (χ4n) is 0.684. The number of carboxylic acid groups (broad SMARTS) is 1. The molecule has 0 aliphatic carbocycles. The minimum Gasteiger partial charge on any atom is -0.477 e. The predicted octanol–water partition coefficient (Wildman–Crippen LogP) is 0.593. The Bertz CT molecular complexity index is 246. The third kappa shape index (κ3) is 2.25. The van der Waals surface area contributed by atoms with Gasteiger partial charge in [0.2, 0.25) is 0 Å². The Morgan fingerprint density at radius 2 is 2.27 bits per heavy atom. The molecule has 4 N–H and O–H groups in total. The fraction of sp³-hybridized carbons (Fsp3) is 0.167. The lowest BCUT2D eigenvalue weighted by atomic mass is 10.4. The summed E-state index contributed by atoms with van der Waals surface area (Å²) in [4.78, 5) is 12.9. The Labute approximate surface area is 69.8 Å². The summed E-state index contributed by atoms with van der Waals surface area (Å²) in [5.41, 5.74) is 6.15. The average Bonchev–Trinajstić information content (AvgIpc) is 2.34. The molecule has 0 aliphatic heterocycles. The van der Waals surface area contributed by atoms with Crippen molar-refractivity contribution in [2.75, 3.05) is 0 Å². The topological polar surface area (TPSA) is 79.1 Å². The van der Waals surface area contributed by atoms with E-state index in [-0.39, 0.29) is 18.1 Å². The molecule has 62 valence electrons. The molecule has 0 fully saturated rings. The van der Waals surface area contributed by atoms with Gasteiger partial charge in [0.25, 0.3) is 0 Å². The molecule has 1 rings (SSSR count). The molecule has 11 heavy (non-hydrogen) atoms. The maximum absolute atomic E-state index is 10.3. The van der Waals surface area contributed by atoms with Gasteiger partial charge in [0.05, 0.1) is 0 Å². The van der Waals surface area contributed by atoms with Crippen molar-refractivity contribution in [3.63, 3.8) is 0 Å². The number of H-pyrrole nitrogens is 1. The molecule has 4 nitrogen and oxygen atoms in total. The molecule has 1 aromatic rings. The van der Waals surface area contributed by atoms with Gasteiger partial charge >= 0.3 is 5.97 Å². The number of hydrogen-bond acceptors (Lipinski definition) is 2. The molecule has 0 atom stereocenters. The number of rotatable bonds is 2. The zero-order valence-corrected chi connectivity index (χ0v) is 6.52. The van der Waals surface area contributed by atoms with E-state index in [9.17, 15) is 4.79 Å². The summed E-state index contributed by atoms with van der Waals surface area (Å²) in [6, 6.07) is 3.15. The second-order valence-corrected chi connectivity index (χ2v) is 1.91. The second-order valence-electron chi connectivity index (χ2n) is 1.91. The predicted molar refractivity (Wildman–Crippen MR) is 42.9 cm³/mol. The summed E-state index contributed by atoms with van der Waals surface area (Å²) >= 11 is 0. The van der Waals surface area contributed by atoms with E-state index in [2.05, 4.69) is 4.98 Å². The van der Waals surface area contributed by atoms with Gasteiger partial charge in [0, 0.05) is 12.2 Å². The minimum atomic E-state index is -0.959. The number of carbonyl (C=O) groups is 1. The van der Waals surface area contributed by atoms with Crippen LogP contribution in [0.1, 0.15) is 16.2 Å². The lowest BCUT2D eigenvalue weighted by molar-refractivity contribution is 0.0691. The lowest BCUT2D eigenvalue weighted by Crippen LogP contribution is -1.99. The highest BCUT2D eigenvalue weighted by Crippen LogP contribution is 1.99. The maximum Gasteiger partial charge on any atom is 0.352 e. The van der Waals surface area contributed by atoms with Gasteiger partial charge in [0.15, 0.2) is 0 Å². The van der Waals surface area contributed by atoms with Crippen molar-refractivity contribution in [3.8, 4) is 0 Å². The Hall–Kier alpha value is -1.00. The van der Waals surface area contributed by atoms with Gasteiger partial charge in [-0.15, -0.1) is 12.4 Å². The van der Waals surface area contributed by atoms with Crippen molar-refractivity contribution in [1.82, 2.24) is 4.98 Å². The third-order valence-electron chi connectivity index (χ3n) is 1.20. The van der Waals surface area contributed by atoms with Crippen molar-refractivity contribution in [3.05, 3.63) is 23.5 Å². The molecule has 0 spiro atoms. The number of aromatic carboxylic acids is 1. The largest absolute Gasteiger partial charge is 0.477 e. The number of halogens is 1. The molecule has 0 aromatic carbocycles. The van der Waals surface area contributed by atoms with Crippen LogP contribution in [-0.2, 0) is 6.54 Å². The van der Waals surface area contributed by atoms with Crippen LogP contribution >= 0.6 is 12.4 Å². The number of nitrogens with one attached hydrogen (secondary N) is 1. The molecule has 0 radical (unpaired) electrons. The van der Waals surface area contributed by atoms with Crippen LogP contribution in [0.15, 0.2) is 12.1 Å². The Kier molecular flexibility index (Phi) is 3.64. The fourth-order valence-corrected chi connectivity index (χ4v) is 0.684. The summed E-state index contributed by atoms with van der Waals surface area (Å²) in [7, 11) is 0. The molecule has 0 saturated heterocycles. The van der Waals surface area contributed by atoms with E-state index in [0.29, 0.717) is 6.54 Å². The number of hydrogen-bond donors (Lipinski definition) is 3. The van der Waals surface area contributed by atoms with Gasteiger partial charge in [-0.1, -0.05) is 0 Å². The van der Waals surface area contributed by atoms with E-state index in [0.717, 1.165) is 5.69 Å². The van der Waals surface area contributed by atoms with Crippen LogP contribution in [0.2, 0.25) is 0 Å². The van der Waals surface area contributed by atoms with E-state index < -0.39 is 5.97 Å². The van der Waals surface area contributed by atoms with Crippen molar-refractivity contribution in [2.24, 2.45) is 5.73 Å². The van der Waals surface area contributed by atoms with Crippen molar-refractivity contribution < 1.29 is 9.90 Å². The summed E-state index contributed by atoms with van der Waals surface area (Å²) in [5.74, 6) is -0.959. The quantitative estimate of drug-likeness (QED) is 0.617. The van der Waals surface area contributed by atoms with Crippen molar-refractivity contribution in [2.45, 2.75) is 6.54 Å². The standard InChI is InChI=1S/C6H8N2O2.ClH/c7-3-4-1-2-5(8-4)6(9)10;/h1-2,8H,3,7H2,(H,9,10);1H. The molecule has 0 amide bonds. The van der Waals surface area contributed by atoms with Crippen LogP contribution in [0.25, 0.3) is 0 Å². The zero-order valence-electron chi connectivity index (χ0n) is 5.70. The first kappa shape index (κ1) is 10.0. The van der Waals surface area contributed by atoms with E-state index in [1.54, 1.807) is 6.07 Å². The van der Waals surface area contributed by atoms with E-state index >= 15 is 0 Å². The second kappa shape index (κ2) is 4.00. The van der Waals surface area contributed by atoms with Crippen molar-refractivity contribution >= 4 is 18.4 Å². The average molecular weight is 177 g/mol. The molecule has 1 heterocycles. The van der Waals surface area contributed by atoms with Crippen molar-refractivity contribution in [1.29, 1.82) is 0 Å². The SMILES string of the molecule is Cl.NCc1ccc(C(=O)O)[nH]1. The zero-order chi connectivity index (χ0) is 7.56. The van der Waals surface area contributed by atoms with Gasteiger partial charge in [-0.25, -0.2) is 4.79 Å². The number of aromatic nitrogens is 1. The van der Waals surface area contributed by atoms with Crippen LogP contribution in [0, 0.1) is 0 Å². The lowest BCUT2D eigenvalue weighted by Gasteiger charge is -1.87. The monoisotopic (exact) mass is 176 g/mol. The summed E-state index contributed by atoms with van der Waals surface area (Å²) < 4.78 is 0. The first-order valence-corrected chi connectivity index (χ1v) is 2.85. The minimum absolute atomic E-state index is 0. The highest BCUT2D eigenvalue weighted by molar-refractivity contribution is 5.85. The smallest absolute Gasteiger partial charge is 0.352 e. The van der Waals surface area contributed by atoms with E-state index in [4.69, 9.17) is 10.8 Å². The highest BCUT2D eigenvalue weighted by atomic mass is 35.5. The summed E-state index contributed by atoms with van der Waals surface area (Å²) in [6.07, 6.45) is 0. The van der Waals surface area contributed by atoms with E-state index in [1.165, 1.54) is 6.07 Å². The van der Waals surface area contributed by atoms with Crippen LogP contribution in [0.5, 0.6) is 0 Å². The molecule has 0 saturated carbocycles. The van der Waals surface area contributed by atoms with Gasteiger partial charge < -0.3 is 15.8 Å². The third-order valence-corrected chi connectivity index (χ3v) is 1.20. The number of nitrogens with two attached hydrogens (primary N) is 1. The van der Waals surface area contributed by atoms with Crippen LogP contribution < -0.4 is 5.73 Å². The highest BCUT2D eigenvalue weighted by Gasteiger charge is 2.03. The van der Waals surface area contributed by atoms with Crippen LogP contribution in [-0.4, -0.2) is 16.1 Å². The normalized spacial score (nSPS) is 8.82. The molecular weight excluding hydrogens is 168 g/mol. The first-order valence-electron chi connectivity index (χ1n) is 2.85. The summed E-state index contributed by atoms with van der Waals surface area (Å²) in [5, 5.41) is 8.42. The van der Waals surface area contributed by atoms with Gasteiger partial charge in [-0.2, -0.15) is 0 Å². The molecule has 0 unspecified atom stereocenters. The Morgan fingerprint density at radius 1 is 1.64 bits per heavy atom. The Morgan fingerprint density at radius 3 is 2.55 bits per heavy atom. The molecule has 0 bridgehead atoms.